The molecule has 0 aliphatic heterocycles. The fourth-order valence-corrected chi connectivity index (χ4v) is 6.16. The first-order valence-corrected chi connectivity index (χ1v) is 16.5. The molecule has 0 heterocycles. The van der Waals surface area contributed by atoms with E-state index in [-0.39, 0.29) is 24.9 Å². The minimum absolute atomic E-state index is 0.0956. The van der Waals surface area contributed by atoms with Crippen LogP contribution in [-0.2, 0) is 32.6 Å². The Morgan fingerprint density at radius 1 is 0.881 bits per heavy atom. The van der Waals surface area contributed by atoms with Gasteiger partial charge in [-0.2, -0.15) is 0 Å². The summed E-state index contributed by atoms with van der Waals surface area (Å²) < 4.78 is 28.3. The number of fused-ring (bicyclic) bond motifs is 1. The van der Waals surface area contributed by atoms with Crippen molar-refractivity contribution in [2.45, 2.75) is 45.3 Å². The molecule has 0 radical (unpaired) electrons. The molecule has 0 aliphatic carbocycles. The maximum Gasteiger partial charge on any atom is 0.244 e. The number of nitrogens with one attached hydrogen (secondary N) is 1. The van der Waals surface area contributed by atoms with Crippen LogP contribution in [-0.4, -0.2) is 50.0 Å². The van der Waals surface area contributed by atoms with Gasteiger partial charge in [-0.3, -0.25) is 13.9 Å². The first-order valence-electron chi connectivity index (χ1n) is 13.9. The number of halogens is 1. The highest BCUT2D eigenvalue weighted by Crippen LogP contribution is 2.29. The predicted molar refractivity (Wildman–Crippen MR) is 173 cm³/mol. The van der Waals surface area contributed by atoms with Gasteiger partial charge in [0.1, 0.15) is 12.6 Å². The van der Waals surface area contributed by atoms with E-state index in [0.717, 1.165) is 38.0 Å². The number of benzene rings is 4. The van der Waals surface area contributed by atoms with Crippen LogP contribution in [0.3, 0.4) is 0 Å². The summed E-state index contributed by atoms with van der Waals surface area (Å²) in [5.74, 6) is -0.763. The minimum atomic E-state index is -3.87. The Hall–Kier alpha value is -3.69. The number of carbonyl (C=O) groups is 2. The molecule has 0 unspecified atom stereocenters. The molecule has 0 aromatic heterocycles. The Labute approximate surface area is 256 Å². The maximum absolute atomic E-state index is 14.3. The van der Waals surface area contributed by atoms with Crippen LogP contribution in [0, 0.1) is 0 Å². The first kappa shape index (κ1) is 31.3. The van der Waals surface area contributed by atoms with E-state index in [0.29, 0.717) is 11.1 Å². The molecule has 0 aliphatic rings. The average Bonchev–Trinajstić information content (AvgIpc) is 2.97. The Balaban J connectivity index is 1.79. The molecule has 7 nitrogen and oxygen atoms in total. The van der Waals surface area contributed by atoms with Crippen LogP contribution >= 0.6 is 15.9 Å². The third-order valence-corrected chi connectivity index (χ3v) is 8.85. The largest absolute Gasteiger partial charge is 0.352 e. The third-order valence-electron chi connectivity index (χ3n) is 7.23. The van der Waals surface area contributed by atoms with Gasteiger partial charge in [0.25, 0.3) is 0 Å². The van der Waals surface area contributed by atoms with E-state index in [1.807, 2.05) is 98.8 Å². The number of sulfonamides is 1. The molecule has 2 amide bonds. The summed E-state index contributed by atoms with van der Waals surface area (Å²) in [6.45, 7) is 3.57. The van der Waals surface area contributed by atoms with Crippen LogP contribution in [0.25, 0.3) is 10.8 Å². The molecule has 4 rings (SSSR count). The van der Waals surface area contributed by atoms with Crippen molar-refractivity contribution in [3.05, 3.63) is 113 Å². The van der Waals surface area contributed by atoms with Gasteiger partial charge in [0.05, 0.1) is 11.9 Å². The maximum atomic E-state index is 14.3. The average molecular weight is 651 g/mol. The van der Waals surface area contributed by atoms with Crippen molar-refractivity contribution in [2.24, 2.45) is 0 Å². The lowest BCUT2D eigenvalue weighted by atomic mass is 10.0. The molecule has 220 valence electrons. The second kappa shape index (κ2) is 14.0. The molecule has 2 atom stereocenters. The number of anilines is 1. The normalized spacial score (nSPS) is 12.9. The lowest BCUT2D eigenvalue weighted by Gasteiger charge is -2.34. The van der Waals surface area contributed by atoms with E-state index in [4.69, 9.17) is 0 Å². The topological polar surface area (TPSA) is 86.8 Å². The van der Waals surface area contributed by atoms with Gasteiger partial charge >= 0.3 is 0 Å². The molecule has 0 saturated heterocycles. The Bertz CT molecular complexity index is 1640. The lowest BCUT2D eigenvalue weighted by Crippen LogP contribution is -2.54. The first-order chi connectivity index (χ1) is 20.1. The number of hydrogen-bond donors (Lipinski definition) is 1. The summed E-state index contributed by atoms with van der Waals surface area (Å²) in [6.07, 6.45) is 2.10. The SMILES string of the molecule is CC[C@H](C)NC(=O)[C@@H](Cc1ccccc1)N(Cc1cccc(Br)c1)C(=O)CN(c1cccc2ccccc12)S(C)(=O)=O. The van der Waals surface area contributed by atoms with Gasteiger partial charge in [0.2, 0.25) is 21.8 Å². The van der Waals surface area contributed by atoms with Gasteiger partial charge < -0.3 is 10.2 Å². The predicted octanol–water partition coefficient (Wildman–Crippen LogP) is 5.92. The van der Waals surface area contributed by atoms with E-state index in [1.54, 1.807) is 12.1 Å². The van der Waals surface area contributed by atoms with Crippen molar-refractivity contribution < 1.29 is 18.0 Å². The zero-order chi connectivity index (χ0) is 30.3. The van der Waals surface area contributed by atoms with Crippen LogP contribution in [0.1, 0.15) is 31.4 Å². The highest BCUT2D eigenvalue weighted by atomic mass is 79.9. The molecule has 42 heavy (non-hydrogen) atoms. The standard InChI is InChI=1S/C33H36BrN3O4S/c1-4-24(2)35-33(39)31(21-25-12-6-5-7-13-25)36(22-26-14-10-17-28(34)20-26)32(38)23-37(42(3,40)41)30-19-11-16-27-15-8-9-18-29(27)30/h5-20,24,31H,4,21-23H2,1-3H3,(H,35,39)/t24-,31+/m0/s1. The molecule has 0 fully saturated rings. The third kappa shape index (κ3) is 7.98. The van der Waals surface area contributed by atoms with Crippen molar-refractivity contribution >= 4 is 54.2 Å². The van der Waals surface area contributed by atoms with Gasteiger partial charge in [0, 0.05) is 28.9 Å². The van der Waals surface area contributed by atoms with Gasteiger partial charge in [0.15, 0.2) is 0 Å². The second-order valence-corrected chi connectivity index (χ2v) is 13.3. The molecular formula is C33H36BrN3O4S. The quantitative estimate of drug-likeness (QED) is 0.206. The molecule has 0 spiro atoms. The van der Waals surface area contributed by atoms with E-state index in [2.05, 4.69) is 21.2 Å². The summed E-state index contributed by atoms with van der Waals surface area (Å²) in [5, 5.41) is 4.62. The van der Waals surface area contributed by atoms with Crippen LogP contribution in [0.15, 0.2) is 102 Å². The summed E-state index contributed by atoms with van der Waals surface area (Å²) >= 11 is 3.50. The number of carbonyl (C=O) groups excluding carboxylic acids is 2. The molecule has 1 N–H and O–H groups in total. The molecule has 4 aromatic rings. The van der Waals surface area contributed by atoms with Gasteiger partial charge in [-0.1, -0.05) is 102 Å². The fraction of sp³-hybridized carbons (Fsp3) is 0.273. The van der Waals surface area contributed by atoms with Crippen molar-refractivity contribution in [1.29, 1.82) is 0 Å². The van der Waals surface area contributed by atoms with E-state index >= 15 is 0 Å². The zero-order valence-corrected chi connectivity index (χ0v) is 26.4. The smallest absolute Gasteiger partial charge is 0.244 e. The Kier molecular flexibility index (Phi) is 10.4. The van der Waals surface area contributed by atoms with E-state index in [9.17, 15) is 18.0 Å². The lowest BCUT2D eigenvalue weighted by molar-refractivity contribution is -0.140. The van der Waals surface area contributed by atoms with Gasteiger partial charge in [-0.25, -0.2) is 8.42 Å². The van der Waals surface area contributed by atoms with E-state index < -0.39 is 28.5 Å². The molecule has 4 aromatic carbocycles. The van der Waals surface area contributed by atoms with Crippen LogP contribution in [0.2, 0.25) is 0 Å². The Morgan fingerprint density at radius 2 is 1.52 bits per heavy atom. The highest BCUT2D eigenvalue weighted by molar-refractivity contribution is 9.10. The fourth-order valence-electron chi connectivity index (χ4n) is 4.85. The van der Waals surface area contributed by atoms with Crippen molar-refractivity contribution in [1.82, 2.24) is 10.2 Å². The highest BCUT2D eigenvalue weighted by Gasteiger charge is 2.33. The summed E-state index contributed by atoms with van der Waals surface area (Å²) in [4.78, 5) is 29.6. The second-order valence-electron chi connectivity index (χ2n) is 10.4. The van der Waals surface area contributed by atoms with Gasteiger partial charge in [-0.15, -0.1) is 0 Å². The van der Waals surface area contributed by atoms with Crippen molar-refractivity contribution in [3.63, 3.8) is 0 Å². The van der Waals surface area contributed by atoms with Crippen LogP contribution in [0.5, 0.6) is 0 Å². The number of nitrogens with zero attached hydrogens (tertiary/aromatic N) is 2. The zero-order valence-electron chi connectivity index (χ0n) is 24.0. The number of rotatable bonds is 12. The van der Waals surface area contributed by atoms with Crippen LogP contribution in [0.4, 0.5) is 5.69 Å². The summed E-state index contributed by atoms with van der Waals surface area (Å²) in [6, 6.07) is 28.9. The van der Waals surface area contributed by atoms with E-state index in [1.165, 1.54) is 4.90 Å². The molecule has 0 saturated carbocycles. The van der Waals surface area contributed by atoms with Crippen molar-refractivity contribution in [2.75, 3.05) is 17.1 Å². The summed E-state index contributed by atoms with van der Waals surface area (Å²) in [5.41, 5.74) is 2.11. The number of hydrogen-bond acceptors (Lipinski definition) is 4. The minimum Gasteiger partial charge on any atom is -0.352 e. The Morgan fingerprint density at radius 3 is 2.21 bits per heavy atom. The monoisotopic (exact) mass is 649 g/mol. The van der Waals surface area contributed by atoms with Crippen LogP contribution < -0.4 is 9.62 Å². The summed E-state index contributed by atoms with van der Waals surface area (Å²) in [7, 11) is -3.87. The van der Waals surface area contributed by atoms with Gasteiger partial charge in [-0.05, 0) is 48.1 Å². The molecule has 9 heteroatoms. The van der Waals surface area contributed by atoms with Crippen molar-refractivity contribution in [3.8, 4) is 0 Å². The number of amides is 2. The molecule has 0 bridgehead atoms. The molecular weight excluding hydrogens is 614 g/mol.